The van der Waals surface area contributed by atoms with Crippen molar-refractivity contribution in [2.24, 2.45) is 0 Å². The molecule has 0 radical (unpaired) electrons. The predicted octanol–water partition coefficient (Wildman–Crippen LogP) is 3.56. The van der Waals surface area contributed by atoms with Crippen LogP contribution < -0.4 is 0 Å². The summed E-state index contributed by atoms with van der Waals surface area (Å²) in [4.78, 5) is 18.8. The second kappa shape index (κ2) is 7.58. The van der Waals surface area contributed by atoms with Crippen molar-refractivity contribution in [1.29, 1.82) is 0 Å². The number of esters is 1. The fourth-order valence-corrected chi connectivity index (χ4v) is 3.43. The minimum absolute atomic E-state index is 0.270. The number of carbonyl (C=O) groups excluding carboxylic acids is 1. The summed E-state index contributed by atoms with van der Waals surface area (Å²) in [6, 6.07) is 14.0. The van der Waals surface area contributed by atoms with Crippen molar-refractivity contribution in [3.8, 4) is 0 Å². The summed E-state index contributed by atoms with van der Waals surface area (Å²) >= 11 is 0. The number of pyridine rings is 1. The maximum absolute atomic E-state index is 11.7. The molecule has 0 aliphatic carbocycles. The van der Waals surface area contributed by atoms with Crippen molar-refractivity contribution in [1.82, 2.24) is 9.88 Å². The fourth-order valence-electron chi connectivity index (χ4n) is 3.43. The first kappa shape index (κ1) is 16.7. The number of ether oxygens (including phenoxy) is 1. The van der Waals surface area contributed by atoms with Crippen LogP contribution in [-0.4, -0.2) is 36.1 Å². The number of benzene rings is 1. The van der Waals surface area contributed by atoms with Crippen molar-refractivity contribution in [3.63, 3.8) is 0 Å². The van der Waals surface area contributed by atoms with Gasteiger partial charge in [-0.1, -0.05) is 18.2 Å². The Morgan fingerprint density at radius 3 is 2.92 bits per heavy atom. The standard InChI is InChI=1S/C20H24N2O2/c1-15-6-3-10-19(21-15)14-22-11-5-9-18(13-22)16-7-4-8-17(12-16)20(23)24-2/h3-4,6-8,10,12,18H,5,9,11,13-14H2,1-2H3. The molecule has 0 amide bonds. The maximum atomic E-state index is 11.7. The van der Waals surface area contributed by atoms with Crippen LogP contribution in [0.1, 0.15) is 46.1 Å². The first-order valence-electron chi connectivity index (χ1n) is 8.49. The van der Waals surface area contributed by atoms with E-state index in [4.69, 9.17) is 4.74 Å². The molecule has 0 spiro atoms. The quantitative estimate of drug-likeness (QED) is 0.807. The van der Waals surface area contributed by atoms with E-state index < -0.39 is 0 Å². The summed E-state index contributed by atoms with van der Waals surface area (Å²) in [5.74, 6) is 0.182. The highest BCUT2D eigenvalue weighted by molar-refractivity contribution is 5.89. The monoisotopic (exact) mass is 324 g/mol. The lowest BCUT2D eigenvalue weighted by molar-refractivity contribution is 0.0600. The topological polar surface area (TPSA) is 42.4 Å². The smallest absolute Gasteiger partial charge is 0.337 e. The Morgan fingerprint density at radius 2 is 2.12 bits per heavy atom. The van der Waals surface area contributed by atoms with Crippen LogP contribution in [0.2, 0.25) is 0 Å². The molecule has 4 nitrogen and oxygen atoms in total. The van der Waals surface area contributed by atoms with Crippen LogP contribution in [0.5, 0.6) is 0 Å². The third-order valence-corrected chi connectivity index (χ3v) is 4.62. The number of nitrogens with zero attached hydrogens (tertiary/aromatic N) is 2. The largest absolute Gasteiger partial charge is 0.465 e. The Morgan fingerprint density at radius 1 is 1.29 bits per heavy atom. The minimum atomic E-state index is -0.270. The molecule has 1 unspecified atom stereocenters. The lowest BCUT2D eigenvalue weighted by atomic mass is 9.89. The van der Waals surface area contributed by atoms with Crippen molar-refractivity contribution in [2.75, 3.05) is 20.2 Å². The Kier molecular flexibility index (Phi) is 5.26. The lowest BCUT2D eigenvalue weighted by Crippen LogP contribution is -2.34. The molecule has 2 aromatic rings. The van der Waals surface area contributed by atoms with E-state index in [0.29, 0.717) is 11.5 Å². The molecule has 3 rings (SSSR count). The fraction of sp³-hybridized carbons (Fsp3) is 0.400. The van der Waals surface area contributed by atoms with Crippen LogP contribution in [0, 0.1) is 6.92 Å². The van der Waals surface area contributed by atoms with Gasteiger partial charge < -0.3 is 4.74 Å². The zero-order chi connectivity index (χ0) is 16.9. The Balaban J connectivity index is 1.70. The molecule has 4 heteroatoms. The predicted molar refractivity (Wildman–Crippen MR) is 94.0 cm³/mol. The molecule has 1 fully saturated rings. The van der Waals surface area contributed by atoms with Gasteiger partial charge in [-0.2, -0.15) is 0 Å². The molecular formula is C20H24N2O2. The lowest BCUT2D eigenvalue weighted by Gasteiger charge is -2.33. The van der Waals surface area contributed by atoms with E-state index in [1.54, 1.807) is 0 Å². The number of aromatic nitrogens is 1. The molecule has 1 saturated heterocycles. The number of carbonyl (C=O) groups is 1. The summed E-state index contributed by atoms with van der Waals surface area (Å²) < 4.78 is 4.83. The van der Waals surface area contributed by atoms with Gasteiger partial charge in [0.25, 0.3) is 0 Å². The molecule has 1 atom stereocenters. The van der Waals surface area contributed by atoms with Crippen molar-refractivity contribution in [2.45, 2.75) is 32.2 Å². The van der Waals surface area contributed by atoms with Crippen molar-refractivity contribution in [3.05, 3.63) is 65.0 Å². The minimum Gasteiger partial charge on any atom is -0.465 e. The van der Waals surface area contributed by atoms with E-state index in [-0.39, 0.29) is 5.97 Å². The number of likely N-dealkylation sites (tertiary alicyclic amines) is 1. The molecule has 0 N–H and O–H groups in total. The van der Waals surface area contributed by atoms with Gasteiger partial charge in [-0.15, -0.1) is 0 Å². The molecule has 2 heterocycles. The third-order valence-electron chi connectivity index (χ3n) is 4.62. The van der Waals surface area contributed by atoms with Crippen LogP contribution in [-0.2, 0) is 11.3 Å². The number of aryl methyl sites for hydroxylation is 1. The van der Waals surface area contributed by atoms with Gasteiger partial charge in [-0.05, 0) is 62.1 Å². The zero-order valence-electron chi connectivity index (χ0n) is 14.4. The van der Waals surface area contributed by atoms with E-state index in [9.17, 15) is 4.79 Å². The summed E-state index contributed by atoms with van der Waals surface area (Å²) in [6.45, 7) is 5.01. The first-order valence-corrected chi connectivity index (χ1v) is 8.49. The van der Waals surface area contributed by atoms with Gasteiger partial charge in [0.1, 0.15) is 0 Å². The second-order valence-corrected chi connectivity index (χ2v) is 6.46. The summed E-state index contributed by atoms with van der Waals surface area (Å²) in [5.41, 5.74) is 4.04. The number of rotatable bonds is 4. The number of methoxy groups -OCH3 is 1. The van der Waals surface area contributed by atoms with Gasteiger partial charge in [0, 0.05) is 18.8 Å². The zero-order valence-corrected chi connectivity index (χ0v) is 14.4. The van der Waals surface area contributed by atoms with Gasteiger partial charge in [0.15, 0.2) is 0 Å². The molecule has 0 bridgehead atoms. The van der Waals surface area contributed by atoms with Crippen LogP contribution in [0.25, 0.3) is 0 Å². The van der Waals surface area contributed by atoms with E-state index in [2.05, 4.69) is 28.1 Å². The highest BCUT2D eigenvalue weighted by Gasteiger charge is 2.22. The van der Waals surface area contributed by atoms with Gasteiger partial charge in [0.2, 0.25) is 0 Å². The molecule has 0 saturated carbocycles. The summed E-state index contributed by atoms with van der Waals surface area (Å²) in [7, 11) is 1.42. The summed E-state index contributed by atoms with van der Waals surface area (Å²) in [6.07, 6.45) is 2.32. The van der Waals surface area contributed by atoms with Gasteiger partial charge in [0.05, 0.1) is 18.4 Å². The molecule has 1 aromatic carbocycles. The van der Waals surface area contributed by atoms with E-state index in [1.807, 2.05) is 31.2 Å². The molecule has 24 heavy (non-hydrogen) atoms. The Labute approximate surface area is 143 Å². The molecular weight excluding hydrogens is 300 g/mol. The highest BCUT2D eigenvalue weighted by Crippen LogP contribution is 2.28. The van der Waals surface area contributed by atoms with Crippen molar-refractivity contribution < 1.29 is 9.53 Å². The van der Waals surface area contributed by atoms with E-state index in [1.165, 1.54) is 19.1 Å². The molecule has 1 aliphatic heterocycles. The normalized spacial score (nSPS) is 18.3. The van der Waals surface area contributed by atoms with Crippen LogP contribution in [0.15, 0.2) is 42.5 Å². The van der Waals surface area contributed by atoms with E-state index in [0.717, 1.165) is 37.4 Å². The van der Waals surface area contributed by atoms with Gasteiger partial charge in [-0.25, -0.2) is 4.79 Å². The number of piperidine rings is 1. The number of hydrogen-bond donors (Lipinski definition) is 0. The SMILES string of the molecule is COC(=O)c1cccc(C2CCCN(Cc3cccc(C)n3)C2)c1. The van der Waals surface area contributed by atoms with E-state index >= 15 is 0 Å². The summed E-state index contributed by atoms with van der Waals surface area (Å²) in [5, 5.41) is 0. The van der Waals surface area contributed by atoms with Gasteiger partial charge >= 0.3 is 5.97 Å². The van der Waals surface area contributed by atoms with Crippen molar-refractivity contribution >= 4 is 5.97 Å². The second-order valence-electron chi connectivity index (χ2n) is 6.46. The van der Waals surface area contributed by atoms with Crippen LogP contribution in [0.4, 0.5) is 0 Å². The molecule has 1 aliphatic rings. The average Bonchev–Trinajstić information content (AvgIpc) is 2.61. The molecule has 126 valence electrons. The van der Waals surface area contributed by atoms with Gasteiger partial charge in [-0.3, -0.25) is 9.88 Å². The first-order chi connectivity index (χ1) is 11.7. The average molecular weight is 324 g/mol. The maximum Gasteiger partial charge on any atom is 0.337 e. The van der Waals surface area contributed by atoms with Crippen LogP contribution in [0.3, 0.4) is 0 Å². The third kappa shape index (κ3) is 4.01. The van der Waals surface area contributed by atoms with Crippen LogP contribution >= 0.6 is 0 Å². The Hall–Kier alpha value is -2.20. The Bertz CT molecular complexity index is 714. The highest BCUT2D eigenvalue weighted by atomic mass is 16.5. The number of hydrogen-bond acceptors (Lipinski definition) is 4. The molecule has 1 aromatic heterocycles.